The Kier molecular flexibility index (Phi) is 2.26. The second-order valence-corrected chi connectivity index (χ2v) is 4.17. The number of hydrogen-bond acceptors (Lipinski definition) is 3. The van der Waals surface area contributed by atoms with Crippen LogP contribution in [0.5, 0.6) is 0 Å². The largest absolute Gasteiger partial charge is 0.350 e. The highest BCUT2D eigenvalue weighted by Crippen LogP contribution is 2.26. The molecule has 0 spiro atoms. The molecule has 0 aliphatic carbocycles. The van der Waals surface area contributed by atoms with Crippen LogP contribution in [0.4, 0.5) is 0 Å². The minimum absolute atomic E-state index is 0.286. The molecule has 1 amide bonds. The van der Waals surface area contributed by atoms with Gasteiger partial charge >= 0.3 is 0 Å². The molecule has 0 aliphatic rings. The number of nitrogens with two attached hydrogens (primary N) is 1. The first kappa shape index (κ1) is 9.23. The molecule has 74 valence electrons. The van der Waals surface area contributed by atoms with Crippen LogP contribution in [-0.2, 0) is 6.42 Å². The first-order valence-corrected chi connectivity index (χ1v) is 5.18. The summed E-state index contributed by atoms with van der Waals surface area (Å²) in [6, 6.07) is 3.88. The number of nitrogens with one attached hydrogen (secondary N) is 2. The van der Waals surface area contributed by atoms with Crippen molar-refractivity contribution in [2.45, 2.75) is 13.3 Å². The maximum atomic E-state index is 11.2. The van der Waals surface area contributed by atoms with Gasteiger partial charge < -0.3 is 4.98 Å². The smallest absolute Gasteiger partial charge is 0.281 e. The lowest BCUT2D eigenvalue weighted by atomic mass is 10.3. The van der Waals surface area contributed by atoms with Crippen LogP contribution < -0.4 is 11.3 Å². The van der Waals surface area contributed by atoms with Crippen molar-refractivity contribution >= 4 is 27.5 Å². The van der Waals surface area contributed by atoms with Crippen LogP contribution in [0.1, 0.15) is 22.3 Å². The number of aromatic nitrogens is 1. The molecule has 4 N–H and O–H groups in total. The number of nitrogen functional groups attached to an aromatic ring is 1. The molecule has 2 heterocycles. The van der Waals surface area contributed by atoms with E-state index in [0.717, 1.165) is 16.6 Å². The van der Waals surface area contributed by atoms with Crippen molar-refractivity contribution in [1.82, 2.24) is 10.4 Å². The summed E-state index contributed by atoms with van der Waals surface area (Å²) in [6.45, 7) is 2.11. The van der Waals surface area contributed by atoms with Crippen LogP contribution in [0.15, 0.2) is 12.1 Å². The zero-order valence-corrected chi connectivity index (χ0v) is 8.57. The minimum Gasteiger partial charge on any atom is -0.350 e. The zero-order chi connectivity index (χ0) is 10.1. The van der Waals surface area contributed by atoms with Gasteiger partial charge in [0.1, 0.15) is 5.69 Å². The maximum Gasteiger partial charge on any atom is 0.281 e. The normalized spacial score (nSPS) is 10.7. The van der Waals surface area contributed by atoms with Crippen molar-refractivity contribution in [3.05, 3.63) is 22.7 Å². The van der Waals surface area contributed by atoms with E-state index < -0.39 is 0 Å². The predicted octanol–water partition coefficient (Wildman–Crippen LogP) is 1.40. The second kappa shape index (κ2) is 3.43. The molecule has 2 aromatic rings. The highest BCUT2D eigenvalue weighted by Gasteiger charge is 2.09. The van der Waals surface area contributed by atoms with Gasteiger partial charge in [-0.1, -0.05) is 6.92 Å². The summed E-state index contributed by atoms with van der Waals surface area (Å²) in [4.78, 5) is 15.5. The van der Waals surface area contributed by atoms with Crippen molar-refractivity contribution in [2.24, 2.45) is 5.84 Å². The van der Waals surface area contributed by atoms with Crippen LogP contribution in [-0.4, -0.2) is 10.9 Å². The number of aromatic amines is 1. The Morgan fingerprint density at radius 1 is 1.64 bits per heavy atom. The van der Waals surface area contributed by atoms with Gasteiger partial charge in [-0.25, -0.2) is 5.84 Å². The van der Waals surface area contributed by atoms with E-state index in [1.54, 1.807) is 11.3 Å². The average Bonchev–Trinajstić information content (AvgIpc) is 2.72. The molecule has 2 aromatic heterocycles. The molecule has 0 bridgehead atoms. The summed E-state index contributed by atoms with van der Waals surface area (Å²) in [5.74, 6) is 4.75. The molecule has 0 saturated heterocycles. The van der Waals surface area contributed by atoms with Gasteiger partial charge in [-0.2, -0.15) is 0 Å². The van der Waals surface area contributed by atoms with Gasteiger partial charge in [-0.05, 0) is 18.6 Å². The van der Waals surface area contributed by atoms with E-state index >= 15 is 0 Å². The molecule has 0 aliphatic heterocycles. The van der Waals surface area contributed by atoms with E-state index in [1.807, 2.05) is 6.07 Å². The number of fused-ring (bicyclic) bond motifs is 1. The van der Waals surface area contributed by atoms with Gasteiger partial charge in [0.2, 0.25) is 0 Å². The van der Waals surface area contributed by atoms with Crippen molar-refractivity contribution in [3.8, 4) is 0 Å². The summed E-state index contributed by atoms with van der Waals surface area (Å²) in [5, 5.41) is 0. The number of hydrazine groups is 1. The molecule has 0 radical (unpaired) electrons. The molecule has 5 heteroatoms. The zero-order valence-electron chi connectivity index (χ0n) is 7.76. The monoisotopic (exact) mass is 209 g/mol. The Hall–Kier alpha value is -1.33. The number of carbonyl (C=O) groups is 1. The third kappa shape index (κ3) is 1.40. The Morgan fingerprint density at radius 2 is 2.43 bits per heavy atom. The topological polar surface area (TPSA) is 70.9 Å². The first-order chi connectivity index (χ1) is 6.74. The molecule has 2 rings (SSSR count). The van der Waals surface area contributed by atoms with Gasteiger partial charge in [0.15, 0.2) is 0 Å². The third-order valence-corrected chi connectivity index (χ3v) is 3.31. The number of carbonyl (C=O) groups excluding carboxylic acids is 1. The maximum absolute atomic E-state index is 11.2. The molecule has 4 nitrogen and oxygen atoms in total. The third-order valence-electron chi connectivity index (χ3n) is 2.08. The number of hydrogen-bond donors (Lipinski definition) is 3. The van der Waals surface area contributed by atoms with E-state index in [2.05, 4.69) is 23.4 Å². The molecule has 0 saturated carbocycles. The number of thiophene rings is 1. The van der Waals surface area contributed by atoms with Gasteiger partial charge in [-0.15, -0.1) is 11.3 Å². The van der Waals surface area contributed by atoms with Gasteiger partial charge in [-0.3, -0.25) is 10.2 Å². The second-order valence-electron chi connectivity index (χ2n) is 3.00. The van der Waals surface area contributed by atoms with Gasteiger partial charge in [0, 0.05) is 4.88 Å². The fourth-order valence-corrected chi connectivity index (χ4v) is 2.35. The van der Waals surface area contributed by atoms with Crippen LogP contribution in [0, 0.1) is 0 Å². The fraction of sp³-hybridized carbons (Fsp3) is 0.222. The lowest BCUT2D eigenvalue weighted by molar-refractivity contribution is 0.0949. The lowest BCUT2D eigenvalue weighted by Crippen LogP contribution is -2.30. The van der Waals surface area contributed by atoms with Gasteiger partial charge in [0.25, 0.3) is 5.91 Å². The minimum atomic E-state index is -0.286. The molecule has 0 fully saturated rings. The van der Waals surface area contributed by atoms with Crippen molar-refractivity contribution in [3.63, 3.8) is 0 Å². The quantitative estimate of drug-likeness (QED) is 0.397. The number of rotatable bonds is 2. The Bertz CT molecular complexity index is 440. The molecule has 14 heavy (non-hydrogen) atoms. The molecular weight excluding hydrogens is 198 g/mol. The molecular formula is C9H11N3OS. The molecule has 0 unspecified atom stereocenters. The number of H-pyrrole nitrogens is 1. The summed E-state index contributed by atoms with van der Waals surface area (Å²) < 4.78 is 1.10. The molecule has 0 atom stereocenters. The summed E-state index contributed by atoms with van der Waals surface area (Å²) in [6.07, 6.45) is 1.02. The predicted molar refractivity (Wildman–Crippen MR) is 57.2 cm³/mol. The van der Waals surface area contributed by atoms with Crippen molar-refractivity contribution in [2.75, 3.05) is 0 Å². The first-order valence-electron chi connectivity index (χ1n) is 4.37. The van der Waals surface area contributed by atoms with Crippen LogP contribution in [0.3, 0.4) is 0 Å². The Labute approximate surface area is 85.1 Å². The van der Waals surface area contributed by atoms with Crippen molar-refractivity contribution < 1.29 is 4.79 Å². The van der Waals surface area contributed by atoms with Crippen molar-refractivity contribution in [1.29, 1.82) is 0 Å². The van der Waals surface area contributed by atoms with Crippen LogP contribution in [0.2, 0.25) is 0 Å². The average molecular weight is 209 g/mol. The summed E-state index contributed by atoms with van der Waals surface area (Å²) in [5.41, 5.74) is 3.61. The Morgan fingerprint density at radius 3 is 3.00 bits per heavy atom. The number of aryl methyl sites for hydroxylation is 1. The van der Waals surface area contributed by atoms with E-state index in [1.165, 1.54) is 4.88 Å². The standard InChI is InChI=1S/C9H11N3OS/c1-2-5-3-6-8(14-5)4-7(11-6)9(13)12-10/h3-4,11H,2,10H2,1H3,(H,12,13). The lowest BCUT2D eigenvalue weighted by Gasteiger charge is -1.93. The van der Waals surface area contributed by atoms with Gasteiger partial charge in [0.05, 0.1) is 10.2 Å². The fourth-order valence-electron chi connectivity index (χ4n) is 1.35. The molecule has 0 aromatic carbocycles. The summed E-state index contributed by atoms with van der Waals surface area (Å²) in [7, 11) is 0. The van der Waals surface area contributed by atoms with E-state index in [0.29, 0.717) is 5.69 Å². The van der Waals surface area contributed by atoms with E-state index in [4.69, 9.17) is 5.84 Å². The summed E-state index contributed by atoms with van der Waals surface area (Å²) >= 11 is 1.69. The van der Waals surface area contributed by atoms with E-state index in [-0.39, 0.29) is 5.91 Å². The van der Waals surface area contributed by atoms with Crippen LogP contribution >= 0.6 is 11.3 Å². The van der Waals surface area contributed by atoms with Crippen LogP contribution in [0.25, 0.3) is 10.2 Å². The number of amides is 1. The SMILES string of the molecule is CCc1cc2[nH]c(C(=O)NN)cc2s1. The highest BCUT2D eigenvalue weighted by molar-refractivity contribution is 7.19. The van der Waals surface area contributed by atoms with E-state index in [9.17, 15) is 4.79 Å². The Balaban J connectivity index is 2.44. The highest BCUT2D eigenvalue weighted by atomic mass is 32.1.